The van der Waals surface area contributed by atoms with Crippen LogP contribution in [0.2, 0.25) is 0 Å². The summed E-state index contributed by atoms with van der Waals surface area (Å²) in [7, 11) is 0. The highest BCUT2D eigenvalue weighted by Gasteiger charge is 2.09. The van der Waals surface area contributed by atoms with Crippen molar-refractivity contribution in [2.24, 2.45) is 0 Å². The zero-order valence-corrected chi connectivity index (χ0v) is 10.3. The number of hydrogen-bond donors (Lipinski definition) is 1. The van der Waals surface area contributed by atoms with Crippen LogP contribution < -0.4 is 4.74 Å². The van der Waals surface area contributed by atoms with Crippen molar-refractivity contribution in [1.29, 1.82) is 0 Å². The number of aromatic carboxylic acids is 1. The van der Waals surface area contributed by atoms with E-state index in [0.29, 0.717) is 19.1 Å². The summed E-state index contributed by atoms with van der Waals surface area (Å²) in [6.45, 7) is 6.75. The summed E-state index contributed by atoms with van der Waals surface area (Å²) in [5, 5.41) is 8.68. The molecule has 0 unspecified atom stereocenters. The lowest BCUT2D eigenvalue weighted by Gasteiger charge is -2.19. The summed E-state index contributed by atoms with van der Waals surface area (Å²) in [5.41, 5.74) is -0.0486. The van der Waals surface area contributed by atoms with Gasteiger partial charge in [-0.3, -0.25) is 0 Å². The molecule has 0 atom stereocenters. The summed E-state index contributed by atoms with van der Waals surface area (Å²) in [6.07, 6.45) is 1.27. The normalized spacial score (nSPS) is 11.2. The maximum atomic E-state index is 10.6. The lowest BCUT2D eigenvalue weighted by molar-refractivity contribution is -0.0168. The van der Waals surface area contributed by atoms with Crippen LogP contribution in [-0.4, -0.2) is 34.9 Å². The number of aromatic nitrogens is 1. The fourth-order valence-electron chi connectivity index (χ4n) is 1.09. The number of rotatable bonds is 5. The minimum atomic E-state index is -1.000. The molecule has 5 heteroatoms. The number of carbonyl (C=O) groups is 1. The van der Waals surface area contributed by atoms with Gasteiger partial charge in [0.15, 0.2) is 0 Å². The largest absolute Gasteiger partial charge is 0.478 e. The number of nitrogens with zero attached hydrogens (tertiary/aromatic N) is 1. The topological polar surface area (TPSA) is 68.7 Å². The molecule has 1 heterocycles. The van der Waals surface area contributed by atoms with Crippen LogP contribution in [0.3, 0.4) is 0 Å². The van der Waals surface area contributed by atoms with E-state index >= 15 is 0 Å². The summed E-state index contributed by atoms with van der Waals surface area (Å²) in [5.74, 6) is -0.604. The van der Waals surface area contributed by atoms with Crippen LogP contribution >= 0.6 is 0 Å². The molecule has 1 rings (SSSR count). The minimum Gasteiger partial charge on any atom is -0.478 e. The monoisotopic (exact) mass is 239 g/mol. The van der Waals surface area contributed by atoms with Gasteiger partial charge in [0.2, 0.25) is 5.88 Å². The maximum absolute atomic E-state index is 10.6. The molecule has 0 spiro atoms. The molecule has 0 saturated heterocycles. The molecular formula is C12H17NO4. The van der Waals surface area contributed by atoms with E-state index < -0.39 is 5.97 Å². The molecule has 1 aromatic rings. The highest BCUT2D eigenvalue weighted by atomic mass is 16.5. The SMILES string of the molecule is CC(C)(C)OCCOc1ccc(C(=O)O)cn1. The van der Waals surface area contributed by atoms with Gasteiger partial charge >= 0.3 is 5.97 Å². The minimum absolute atomic E-state index is 0.142. The Hall–Kier alpha value is -1.62. The van der Waals surface area contributed by atoms with Crippen LogP contribution in [0.15, 0.2) is 18.3 Å². The summed E-state index contributed by atoms with van der Waals surface area (Å²) in [4.78, 5) is 14.5. The van der Waals surface area contributed by atoms with Crippen LogP contribution in [0.4, 0.5) is 0 Å². The van der Waals surface area contributed by atoms with Gasteiger partial charge in [0.05, 0.1) is 17.8 Å². The predicted octanol–water partition coefficient (Wildman–Crippen LogP) is 1.97. The number of carboxylic acid groups (broad SMARTS) is 1. The van der Waals surface area contributed by atoms with E-state index in [4.69, 9.17) is 14.6 Å². The van der Waals surface area contributed by atoms with Crippen LogP contribution in [-0.2, 0) is 4.74 Å². The van der Waals surface area contributed by atoms with E-state index in [1.807, 2.05) is 20.8 Å². The summed E-state index contributed by atoms with van der Waals surface area (Å²) >= 11 is 0. The average Bonchev–Trinajstić information content (AvgIpc) is 2.24. The van der Waals surface area contributed by atoms with Crippen molar-refractivity contribution < 1.29 is 19.4 Å². The van der Waals surface area contributed by atoms with Crippen molar-refractivity contribution in [3.8, 4) is 5.88 Å². The molecule has 0 bridgehead atoms. The van der Waals surface area contributed by atoms with E-state index in [9.17, 15) is 4.79 Å². The van der Waals surface area contributed by atoms with Crippen molar-refractivity contribution in [3.63, 3.8) is 0 Å². The smallest absolute Gasteiger partial charge is 0.337 e. The second-order valence-corrected chi connectivity index (χ2v) is 4.50. The van der Waals surface area contributed by atoms with Gasteiger partial charge in [-0.25, -0.2) is 9.78 Å². The van der Waals surface area contributed by atoms with E-state index in [-0.39, 0.29) is 11.2 Å². The first kappa shape index (κ1) is 13.4. The molecule has 1 aromatic heterocycles. The quantitative estimate of drug-likeness (QED) is 0.795. The third-order valence-corrected chi connectivity index (χ3v) is 1.85. The Kier molecular flexibility index (Phi) is 4.45. The molecule has 0 fully saturated rings. The fourth-order valence-corrected chi connectivity index (χ4v) is 1.09. The molecule has 94 valence electrons. The molecule has 17 heavy (non-hydrogen) atoms. The van der Waals surface area contributed by atoms with Gasteiger partial charge in [0.25, 0.3) is 0 Å². The average molecular weight is 239 g/mol. The second-order valence-electron chi connectivity index (χ2n) is 4.50. The molecule has 0 radical (unpaired) electrons. The lowest BCUT2D eigenvalue weighted by Crippen LogP contribution is -2.22. The first-order valence-corrected chi connectivity index (χ1v) is 5.34. The van der Waals surface area contributed by atoms with E-state index in [0.717, 1.165) is 0 Å². The third-order valence-electron chi connectivity index (χ3n) is 1.85. The first-order chi connectivity index (χ1) is 7.88. The Morgan fingerprint density at radius 2 is 2.06 bits per heavy atom. The Morgan fingerprint density at radius 1 is 1.35 bits per heavy atom. The number of ether oxygens (including phenoxy) is 2. The molecule has 0 aliphatic rings. The molecule has 0 aliphatic heterocycles. The standard InChI is InChI=1S/C12H17NO4/c1-12(2,3)17-7-6-16-10-5-4-9(8-13-10)11(14)15/h4-5,8H,6-7H2,1-3H3,(H,14,15). The zero-order valence-electron chi connectivity index (χ0n) is 10.3. The maximum Gasteiger partial charge on any atom is 0.337 e. The van der Waals surface area contributed by atoms with Gasteiger partial charge in [-0.2, -0.15) is 0 Å². The van der Waals surface area contributed by atoms with Gasteiger partial charge < -0.3 is 14.6 Å². The first-order valence-electron chi connectivity index (χ1n) is 5.34. The zero-order chi connectivity index (χ0) is 12.9. The van der Waals surface area contributed by atoms with Gasteiger partial charge in [-0.05, 0) is 26.8 Å². The van der Waals surface area contributed by atoms with Crippen LogP contribution in [0, 0.1) is 0 Å². The van der Waals surface area contributed by atoms with Crippen molar-refractivity contribution in [2.45, 2.75) is 26.4 Å². The molecular weight excluding hydrogens is 222 g/mol. The van der Waals surface area contributed by atoms with E-state index in [2.05, 4.69) is 4.98 Å². The fraction of sp³-hybridized carbons (Fsp3) is 0.500. The predicted molar refractivity (Wildman–Crippen MR) is 62.4 cm³/mol. The van der Waals surface area contributed by atoms with Crippen LogP contribution in [0.1, 0.15) is 31.1 Å². The highest BCUT2D eigenvalue weighted by Crippen LogP contribution is 2.09. The Labute approximate surface area is 100 Å². The van der Waals surface area contributed by atoms with Crippen LogP contribution in [0.5, 0.6) is 5.88 Å². The van der Waals surface area contributed by atoms with Gasteiger partial charge in [0.1, 0.15) is 6.61 Å². The van der Waals surface area contributed by atoms with Crippen molar-refractivity contribution in [2.75, 3.05) is 13.2 Å². The third kappa shape index (κ3) is 5.31. The molecule has 0 saturated carbocycles. The van der Waals surface area contributed by atoms with Crippen molar-refractivity contribution in [1.82, 2.24) is 4.98 Å². The van der Waals surface area contributed by atoms with Crippen LogP contribution in [0.25, 0.3) is 0 Å². The lowest BCUT2D eigenvalue weighted by atomic mass is 10.2. The highest BCUT2D eigenvalue weighted by molar-refractivity contribution is 5.87. The van der Waals surface area contributed by atoms with E-state index in [1.165, 1.54) is 18.3 Å². The summed E-state index contributed by atoms with van der Waals surface area (Å²) < 4.78 is 10.8. The number of carboxylic acids is 1. The van der Waals surface area contributed by atoms with E-state index in [1.54, 1.807) is 0 Å². The summed E-state index contributed by atoms with van der Waals surface area (Å²) in [6, 6.07) is 2.98. The number of hydrogen-bond acceptors (Lipinski definition) is 4. The molecule has 5 nitrogen and oxygen atoms in total. The number of pyridine rings is 1. The molecule has 0 aliphatic carbocycles. The molecule has 0 aromatic carbocycles. The second kappa shape index (κ2) is 5.63. The molecule has 1 N–H and O–H groups in total. The van der Waals surface area contributed by atoms with Gasteiger partial charge in [0, 0.05) is 12.3 Å². The van der Waals surface area contributed by atoms with Crippen molar-refractivity contribution in [3.05, 3.63) is 23.9 Å². The Morgan fingerprint density at radius 3 is 2.53 bits per heavy atom. The Bertz CT molecular complexity index is 367. The van der Waals surface area contributed by atoms with Crippen molar-refractivity contribution >= 4 is 5.97 Å². The molecule has 0 amide bonds. The Balaban J connectivity index is 2.35. The van der Waals surface area contributed by atoms with Gasteiger partial charge in [-0.15, -0.1) is 0 Å². The van der Waals surface area contributed by atoms with Gasteiger partial charge in [-0.1, -0.05) is 0 Å².